The minimum atomic E-state index is 0.616. The Bertz CT molecular complexity index is 1040. The Morgan fingerprint density at radius 1 is 0.714 bits per heavy atom. The molecule has 188 valence electrons. The number of benzene rings is 2. The first-order valence-electron chi connectivity index (χ1n) is 14.1. The standard InChI is InChI=1S/C33H46N2/c1-22(2)29-16-14-24(5)18-32(29)34-28-12-9-10-26(21-28)20-27-11-7-8-13-31(27)35-33-19-25(6)15-17-30(33)23(3)4/h7-13,21-25,29-30H,14-20H2,1-6H3. The van der Waals surface area contributed by atoms with Crippen molar-refractivity contribution >= 4 is 22.8 Å². The Hall–Kier alpha value is -2.22. The van der Waals surface area contributed by atoms with Crippen LogP contribution in [0, 0.1) is 35.5 Å². The summed E-state index contributed by atoms with van der Waals surface area (Å²) in [5.41, 5.74) is 7.73. The molecule has 2 aromatic rings. The van der Waals surface area contributed by atoms with Crippen LogP contribution in [0.1, 0.15) is 91.2 Å². The maximum absolute atomic E-state index is 5.31. The first-order valence-corrected chi connectivity index (χ1v) is 14.1. The first-order chi connectivity index (χ1) is 16.8. The third-order valence-corrected chi connectivity index (χ3v) is 8.36. The molecule has 0 aromatic heterocycles. The molecule has 0 aliphatic heterocycles. The van der Waals surface area contributed by atoms with Gasteiger partial charge in [-0.05, 0) is 110 Å². The molecule has 2 aromatic carbocycles. The summed E-state index contributed by atoms with van der Waals surface area (Å²) >= 11 is 0. The Morgan fingerprint density at radius 2 is 1.31 bits per heavy atom. The van der Waals surface area contributed by atoms with Crippen LogP contribution in [0.15, 0.2) is 58.5 Å². The molecule has 2 nitrogen and oxygen atoms in total. The van der Waals surface area contributed by atoms with Gasteiger partial charge in [0.2, 0.25) is 0 Å². The summed E-state index contributed by atoms with van der Waals surface area (Å²) < 4.78 is 0. The lowest BCUT2D eigenvalue weighted by atomic mass is 9.76. The molecular weight excluding hydrogens is 424 g/mol. The molecule has 2 saturated carbocycles. The maximum Gasteiger partial charge on any atom is 0.0664 e. The van der Waals surface area contributed by atoms with Crippen LogP contribution in [-0.2, 0) is 6.42 Å². The average molecular weight is 471 g/mol. The fourth-order valence-electron chi connectivity index (χ4n) is 6.22. The molecule has 0 spiro atoms. The van der Waals surface area contributed by atoms with Gasteiger partial charge in [0.15, 0.2) is 0 Å². The predicted octanol–water partition coefficient (Wildman–Crippen LogP) is 9.61. The summed E-state index contributed by atoms with van der Waals surface area (Å²) in [6.45, 7) is 14.2. The van der Waals surface area contributed by atoms with Gasteiger partial charge >= 0.3 is 0 Å². The summed E-state index contributed by atoms with van der Waals surface area (Å²) in [5.74, 6) is 4.04. The van der Waals surface area contributed by atoms with Crippen molar-refractivity contribution in [1.29, 1.82) is 0 Å². The molecule has 4 atom stereocenters. The average Bonchev–Trinajstić information content (AvgIpc) is 2.80. The summed E-state index contributed by atoms with van der Waals surface area (Å²) in [4.78, 5) is 10.5. The summed E-state index contributed by atoms with van der Waals surface area (Å²) in [5, 5.41) is 0. The highest BCUT2D eigenvalue weighted by Crippen LogP contribution is 2.35. The van der Waals surface area contributed by atoms with E-state index in [0.29, 0.717) is 23.7 Å². The van der Waals surface area contributed by atoms with Gasteiger partial charge in [0, 0.05) is 11.4 Å². The highest BCUT2D eigenvalue weighted by Gasteiger charge is 2.28. The van der Waals surface area contributed by atoms with E-state index in [-0.39, 0.29) is 0 Å². The fraction of sp³-hybridized carbons (Fsp3) is 0.576. The molecule has 0 saturated heterocycles. The van der Waals surface area contributed by atoms with Gasteiger partial charge in [-0.2, -0.15) is 0 Å². The molecule has 2 heteroatoms. The van der Waals surface area contributed by atoms with Crippen molar-refractivity contribution in [3.63, 3.8) is 0 Å². The molecule has 35 heavy (non-hydrogen) atoms. The second kappa shape index (κ2) is 11.7. The highest BCUT2D eigenvalue weighted by atomic mass is 14.8. The molecule has 2 aliphatic rings. The van der Waals surface area contributed by atoms with Crippen LogP contribution in [0.5, 0.6) is 0 Å². The van der Waals surface area contributed by atoms with E-state index in [1.54, 1.807) is 0 Å². The van der Waals surface area contributed by atoms with Crippen molar-refractivity contribution in [3.8, 4) is 0 Å². The van der Waals surface area contributed by atoms with E-state index in [9.17, 15) is 0 Å². The lowest BCUT2D eigenvalue weighted by Gasteiger charge is -2.31. The van der Waals surface area contributed by atoms with E-state index < -0.39 is 0 Å². The third kappa shape index (κ3) is 6.72. The molecule has 0 heterocycles. The topological polar surface area (TPSA) is 24.7 Å². The Morgan fingerprint density at radius 3 is 1.94 bits per heavy atom. The van der Waals surface area contributed by atoms with Crippen LogP contribution < -0.4 is 0 Å². The maximum atomic E-state index is 5.31. The smallest absolute Gasteiger partial charge is 0.0664 e. The van der Waals surface area contributed by atoms with Crippen LogP contribution >= 0.6 is 0 Å². The minimum Gasteiger partial charge on any atom is -0.258 e. The van der Waals surface area contributed by atoms with Gasteiger partial charge < -0.3 is 0 Å². The minimum absolute atomic E-state index is 0.616. The predicted molar refractivity (Wildman–Crippen MR) is 153 cm³/mol. The van der Waals surface area contributed by atoms with Crippen molar-refractivity contribution in [3.05, 3.63) is 59.7 Å². The van der Waals surface area contributed by atoms with Gasteiger partial charge in [0.1, 0.15) is 0 Å². The van der Waals surface area contributed by atoms with Crippen molar-refractivity contribution in [2.75, 3.05) is 0 Å². The quantitative estimate of drug-likeness (QED) is 0.401. The van der Waals surface area contributed by atoms with E-state index in [0.717, 1.165) is 42.5 Å². The monoisotopic (exact) mass is 470 g/mol. The summed E-state index contributed by atoms with van der Waals surface area (Å²) in [7, 11) is 0. The number of rotatable bonds is 6. The van der Waals surface area contributed by atoms with Gasteiger partial charge in [0.05, 0.1) is 11.4 Å². The molecule has 0 bridgehead atoms. The van der Waals surface area contributed by atoms with Crippen molar-refractivity contribution in [2.24, 2.45) is 45.5 Å². The van der Waals surface area contributed by atoms with Crippen LogP contribution in [0.3, 0.4) is 0 Å². The van der Waals surface area contributed by atoms with E-state index in [4.69, 9.17) is 9.98 Å². The summed E-state index contributed by atoms with van der Waals surface area (Å²) in [6.07, 6.45) is 8.39. The Labute approximate surface area is 214 Å². The van der Waals surface area contributed by atoms with E-state index in [2.05, 4.69) is 90.1 Å². The number of hydrogen-bond donors (Lipinski definition) is 0. The van der Waals surface area contributed by atoms with Gasteiger partial charge in [-0.3, -0.25) is 9.98 Å². The Balaban J connectivity index is 1.59. The largest absolute Gasteiger partial charge is 0.258 e. The molecular formula is C33H46N2. The number of hydrogen-bond acceptors (Lipinski definition) is 2. The molecule has 4 unspecified atom stereocenters. The SMILES string of the molecule is CC1CCC(C(C)C)C(=Nc2cccc(Cc3ccccc3N=C3CC(C)CCC3C(C)C)c2)C1. The zero-order valence-electron chi connectivity index (χ0n) is 22.9. The van der Waals surface area contributed by atoms with Gasteiger partial charge in [-0.15, -0.1) is 0 Å². The number of aliphatic imine (C=N–C) groups is 2. The second-order valence-corrected chi connectivity index (χ2v) is 12.2. The molecule has 4 rings (SSSR count). The van der Waals surface area contributed by atoms with Crippen LogP contribution in [0.2, 0.25) is 0 Å². The van der Waals surface area contributed by atoms with E-state index in [1.165, 1.54) is 48.2 Å². The van der Waals surface area contributed by atoms with Crippen molar-refractivity contribution < 1.29 is 0 Å². The van der Waals surface area contributed by atoms with Crippen molar-refractivity contribution in [1.82, 2.24) is 0 Å². The zero-order chi connectivity index (χ0) is 24.9. The molecule has 0 radical (unpaired) electrons. The third-order valence-electron chi connectivity index (χ3n) is 8.36. The molecule has 0 N–H and O–H groups in total. The summed E-state index contributed by atoms with van der Waals surface area (Å²) in [6, 6.07) is 17.7. The van der Waals surface area contributed by atoms with Crippen LogP contribution in [-0.4, -0.2) is 11.4 Å². The van der Waals surface area contributed by atoms with Gasteiger partial charge in [0.25, 0.3) is 0 Å². The fourth-order valence-corrected chi connectivity index (χ4v) is 6.22. The van der Waals surface area contributed by atoms with Crippen LogP contribution in [0.25, 0.3) is 0 Å². The lowest BCUT2D eigenvalue weighted by molar-refractivity contribution is 0.365. The number of para-hydroxylation sites is 1. The van der Waals surface area contributed by atoms with Crippen molar-refractivity contribution in [2.45, 2.75) is 86.5 Å². The Kier molecular flexibility index (Phi) is 8.63. The van der Waals surface area contributed by atoms with E-state index in [1.807, 2.05) is 0 Å². The molecule has 2 aliphatic carbocycles. The number of nitrogens with zero attached hydrogens (tertiary/aromatic N) is 2. The molecule has 2 fully saturated rings. The second-order valence-electron chi connectivity index (χ2n) is 12.2. The first kappa shape index (κ1) is 25.9. The lowest BCUT2D eigenvalue weighted by Crippen LogP contribution is -2.27. The van der Waals surface area contributed by atoms with Gasteiger partial charge in [-0.25, -0.2) is 0 Å². The normalized spacial score (nSPS) is 27.8. The molecule has 0 amide bonds. The highest BCUT2D eigenvalue weighted by molar-refractivity contribution is 5.91. The van der Waals surface area contributed by atoms with Gasteiger partial charge in [-0.1, -0.05) is 71.9 Å². The zero-order valence-corrected chi connectivity index (χ0v) is 22.9. The van der Waals surface area contributed by atoms with Crippen LogP contribution in [0.4, 0.5) is 11.4 Å². The van der Waals surface area contributed by atoms with E-state index >= 15 is 0 Å².